The van der Waals surface area contributed by atoms with Crippen molar-refractivity contribution in [1.29, 1.82) is 0 Å². The van der Waals surface area contributed by atoms with Gasteiger partial charge in [0.05, 0.1) is 0 Å². The average Bonchev–Trinajstić information content (AvgIpc) is 2.46. The highest BCUT2D eigenvalue weighted by Gasteiger charge is 2.19. The van der Waals surface area contributed by atoms with Gasteiger partial charge in [-0.2, -0.15) is 0 Å². The first-order chi connectivity index (χ1) is 8.76. The summed E-state index contributed by atoms with van der Waals surface area (Å²) in [5.41, 5.74) is 8.13. The van der Waals surface area contributed by atoms with E-state index in [4.69, 9.17) is 10.7 Å². The fraction of sp³-hybridized carbons (Fsp3) is 0.667. The predicted octanol–water partition coefficient (Wildman–Crippen LogP) is 2.73. The van der Waals surface area contributed by atoms with Crippen LogP contribution in [0.5, 0.6) is 0 Å². The zero-order chi connectivity index (χ0) is 13.0. The molecule has 0 atom stereocenters. The normalized spacial score (nSPS) is 17.2. The molecule has 1 aromatic heterocycles. The molecular formula is C15H25N3. The molecule has 0 bridgehead atoms. The summed E-state index contributed by atoms with van der Waals surface area (Å²) in [6, 6.07) is 4.29. The lowest BCUT2D eigenvalue weighted by Crippen LogP contribution is -2.34. The first-order valence-corrected chi connectivity index (χ1v) is 7.21. The molecule has 1 fully saturated rings. The van der Waals surface area contributed by atoms with Crippen LogP contribution in [0.2, 0.25) is 0 Å². The summed E-state index contributed by atoms with van der Waals surface area (Å²) < 4.78 is 0. The second-order valence-corrected chi connectivity index (χ2v) is 5.22. The van der Waals surface area contributed by atoms with Gasteiger partial charge in [-0.15, -0.1) is 0 Å². The lowest BCUT2D eigenvalue weighted by molar-refractivity contribution is 0.393. The second-order valence-electron chi connectivity index (χ2n) is 5.22. The standard InChI is InChI=1S/C15H25N3/c1-3-12-5-7-18(8-6-12)15-10-13(11-16)9-14(4-2)17-15/h9-10,12H,3-8,11,16H2,1-2H3. The molecule has 3 heteroatoms. The number of hydrogen-bond acceptors (Lipinski definition) is 3. The van der Waals surface area contributed by atoms with Gasteiger partial charge in [0.15, 0.2) is 0 Å². The number of hydrogen-bond donors (Lipinski definition) is 1. The minimum atomic E-state index is 0.605. The van der Waals surface area contributed by atoms with Crippen LogP contribution < -0.4 is 10.6 Å². The van der Waals surface area contributed by atoms with Gasteiger partial charge in [-0.1, -0.05) is 20.3 Å². The Hall–Kier alpha value is -1.09. The molecule has 0 saturated carbocycles. The van der Waals surface area contributed by atoms with Gasteiger partial charge < -0.3 is 10.6 Å². The Bertz CT molecular complexity index is 359. The van der Waals surface area contributed by atoms with E-state index in [2.05, 4.69) is 30.9 Å². The number of rotatable bonds is 4. The van der Waals surface area contributed by atoms with Crippen molar-refractivity contribution in [2.45, 2.75) is 46.1 Å². The Balaban J connectivity index is 2.13. The summed E-state index contributed by atoms with van der Waals surface area (Å²) in [5, 5.41) is 0. The van der Waals surface area contributed by atoms with Crippen LogP contribution in [0.25, 0.3) is 0 Å². The van der Waals surface area contributed by atoms with E-state index >= 15 is 0 Å². The maximum atomic E-state index is 5.77. The van der Waals surface area contributed by atoms with Crippen LogP contribution in [0.1, 0.15) is 44.4 Å². The van der Waals surface area contributed by atoms with E-state index in [0.29, 0.717) is 6.54 Å². The van der Waals surface area contributed by atoms with Crippen molar-refractivity contribution in [1.82, 2.24) is 4.98 Å². The maximum absolute atomic E-state index is 5.77. The Labute approximate surface area is 110 Å². The number of nitrogens with zero attached hydrogens (tertiary/aromatic N) is 2. The number of pyridine rings is 1. The molecule has 18 heavy (non-hydrogen) atoms. The summed E-state index contributed by atoms with van der Waals surface area (Å²) in [7, 11) is 0. The molecule has 0 amide bonds. The molecule has 2 heterocycles. The molecule has 1 saturated heterocycles. The van der Waals surface area contributed by atoms with Gasteiger partial charge in [0.25, 0.3) is 0 Å². The smallest absolute Gasteiger partial charge is 0.129 e. The summed E-state index contributed by atoms with van der Waals surface area (Å²) in [4.78, 5) is 7.17. The van der Waals surface area contributed by atoms with Crippen LogP contribution in [0.4, 0.5) is 5.82 Å². The van der Waals surface area contributed by atoms with E-state index in [1.54, 1.807) is 0 Å². The molecule has 1 aliphatic rings. The molecule has 0 spiro atoms. The van der Waals surface area contributed by atoms with Gasteiger partial charge >= 0.3 is 0 Å². The van der Waals surface area contributed by atoms with Crippen molar-refractivity contribution >= 4 is 5.82 Å². The van der Waals surface area contributed by atoms with Crippen LogP contribution in [-0.2, 0) is 13.0 Å². The predicted molar refractivity (Wildman–Crippen MR) is 76.7 cm³/mol. The number of nitrogens with two attached hydrogens (primary N) is 1. The van der Waals surface area contributed by atoms with Crippen molar-refractivity contribution in [2.75, 3.05) is 18.0 Å². The number of aromatic nitrogens is 1. The first-order valence-electron chi connectivity index (χ1n) is 7.21. The third kappa shape index (κ3) is 3.02. The molecule has 2 rings (SSSR count). The molecule has 1 aliphatic heterocycles. The second kappa shape index (κ2) is 6.19. The number of anilines is 1. The summed E-state index contributed by atoms with van der Waals surface area (Å²) >= 11 is 0. The van der Waals surface area contributed by atoms with Crippen LogP contribution in [-0.4, -0.2) is 18.1 Å². The van der Waals surface area contributed by atoms with E-state index in [0.717, 1.165) is 36.9 Å². The highest BCUT2D eigenvalue weighted by molar-refractivity contribution is 5.43. The van der Waals surface area contributed by atoms with E-state index in [1.807, 2.05) is 0 Å². The zero-order valence-electron chi connectivity index (χ0n) is 11.7. The Kier molecular flexibility index (Phi) is 4.59. The van der Waals surface area contributed by atoms with Gasteiger partial charge in [0, 0.05) is 25.3 Å². The third-order valence-electron chi connectivity index (χ3n) is 4.04. The third-order valence-corrected chi connectivity index (χ3v) is 4.04. The van der Waals surface area contributed by atoms with E-state index in [1.165, 1.54) is 24.8 Å². The fourth-order valence-electron chi connectivity index (χ4n) is 2.66. The maximum Gasteiger partial charge on any atom is 0.129 e. The van der Waals surface area contributed by atoms with Crippen molar-refractivity contribution in [2.24, 2.45) is 11.7 Å². The van der Waals surface area contributed by atoms with Gasteiger partial charge in [0.2, 0.25) is 0 Å². The van der Waals surface area contributed by atoms with Gasteiger partial charge in [-0.05, 0) is 42.9 Å². The molecule has 1 aromatic rings. The van der Waals surface area contributed by atoms with E-state index in [-0.39, 0.29) is 0 Å². The van der Waals surface area contributed by atoms with Crippen molar-refractivity contribution in [3.8, 4) is 0 Å². The molecule has 0 aromatic carbocycles. The average molecular weight is 247 g/mol. The minimum Gasteiger partial charge on any atom is -0.357 e. The lowest BCUT2D eigenvalue weighted by Gasteiger charge is -2.32. The monoisotopic (exact) mass is 247 g/mol. The zero-order valence-corrected chi connectivity index (χ0v) is 11.7. The van der Waals surface area contributed by atoms with E-state index < -0.39 is 0 Å². The highest BCUT2D eigenvalue weighted by atomic mass is 15.2. The topological polar surface area (TPSA) is 42.1 Å². The molecule has 100 valence electrons. The lowest BCUT2D eigenvalue weighted by atomic mass is 9.94. The van der Waals surface area contributed by atoms with E-state index in [9.17, 15) is 0 Å². The molecule has 2 N–H and O–H groups in total. The summed E-state index contributed by atoms with van der Waals surface area (Å²) in [5.74, 6) is 2.04. The fourth-order valence-corrected chi connectivity index (χ4v) is 2.66. The van der Waals surface area contributed by atoms with Gasteiger partial charge in [-0.3, -0.25) is 0 Å². The van der Waals surface area contributed by atoms with Crippen molar-refractivity contribution in [3.05, 3.63) is 23.4 Å². The first kappa shape index (κ1) is 13.3. The van der Waals surface area contributed by atoms with Crippen LogP contribution in [0, 0.1) is 5.92 Å². The molecular weight excluding hydrogens is 222 g/mol. The Morgan fingerprint density at radius 1 is 1.28 bits per heavy atom. The van der Waals surface area contributed by atoms with Gasteiger partial charge in [0.1, 0.15) is 5.82 Å². The Morgan fingerprint density at radius 2 is 2.00 bits per heavy atom. The number of piperidine rings is 1. The molecule has 0 radical (unpaired) electrons. The van der Waals surface area contributed by atoms with Crippen LogP contribution in [0.15, 0.2) is 12.1 Å². The van der Waals surface area contributed by atoms with Crippen molar-refractivity contribution in [3.63, 3.8) is 0 Å². The van der Waals surface area contributed by atoms with Gasteiger partial charge in [-0.25, -0.2) is 4.98 Å². The SMILES string of the molecule is CCc1cc(CN)cc(N2CCC(CC)CC2)n1. The summed E-state index contributed by atoms with van der Waals surface area (Å²) in [6.07, 6.45) is 4.88. The molecule has 0 unspecified atom stereocenters. The summed E-state index contributed by atoms with van der Waals surface area (Å²) in [6.45, 7) is 7.33. The molecule has 0 aliphatic carbocycles. The van der Waals surface area contributed by atoms with Crippen LogP contribution in [0.3, 0.4) is 0 Å². The highest BCUT2D eigenvalue weighted by Crippen LogP contribution is 2.24. The molecule has 3 nitrogen and oxygen atoms in total. The minimum absolute atomic E-state index is 0.605. The quantitative estimate of drug-likeness (QED) is 0.889. The largest absolute Gasteiger partial charge is 0.357 e. The van der Waals surface area contributed by atoms with Crippen LogP contribution >= 0.6 is 0 Å². The number of aryl methyl sites for hydroxylation is 1. The Morgan fingerprint density at radius 3 is 2.56 bits per heavy atom. The van der Waals surface area contributed by atoms with Crippen molar-refractivity contribution < 1.29 is 0 Å².